The third kappa shape index (κ3) is 6.87. The first-order chi connectivity index (χ1) is 44.1. The van der Waals surface area contributed by atoms with Crippen molar-refractivity contribution < 1.29 is 0 Å². The maximum atomic E-state index is 2.66. The highest BCUT2D eigenvalue weighted by Gasteiger charge is 2.69. The van der Waals surface area contributed by atoms with Crippen molar-refractivity contribution in [2.75, 3.05) is 0 Å². The van der Waals surface area contributed by atoms with Crippen molar-refractivity contribution in [1.29, 1.82) is 0 Å². The Balaban J connectivity index is 0.769. The molecule has 424 valence electrons. The zero-order chi connectivity index (χ0) is 58.2. The fourth-order valence-corrected chi connectivity index (χ4v) is 20.8. The Morgan fingerprint density at radius 3 is 1.28 bits per heavy atom. The molecule has 7 unspecified atom stereocenters. The summed E-state index contributed by atoms with van der Waals surface area (Å²) in [6, 6.07) is 109. The number of hydrogen-bond donors (Lipinski definition) is 0. The van der Waals surface area contributed by atoms with E-state index in [1.807, 2.05) is 0 Å². The first kappa shape index (κ1) is 50.3. The summed E-state index contributed by atoms with van der Waals surface area (Å²) in [7, 11) is 0. The monoisotopic (exact) mass is 1140 g/mol. The first-order valence-corrected chi connectivity index (χ1v) is 32.9. The van der Waals surface area contributed by atoms with Gasteiger partial charge in [-0.3, -0.25) is 0 Å². The summed E-state index contributed by atoms with van der Waals surface area (Å²) in [5, 5.41) is 5.06. The molecule has 14 aromatic rings. The van der Waals surface area contributed by atoms with Gasteiger partial charge in [-0.1, -0.05) is 218 Å². The molecule has 7 atom stereocenters. The summed E-state index contributed by atoms with van der Waals surface area (Å²) < 4.78 is 4.90. The summed E-state index contributed by atoms with van der Waals surface area (Å²) in [5.41, 5.74) is 30.4. The van der Waals surface area contributed by atoms with Gasteiger partial charge >= 0.3 is 0 Å². The average Bonchev–Trinajstić information content (AvgIpc) is 1.57. The zero-order valence-corrected chi connectivity index (χ0v) is 49.9. The Kier molecular flexibility index (Phi) is 10.5. The topological polar surface area (TPSA) is 9.86 Å². The van der Waals surface area contributed by atoms with Crippen molar-refractivity contribution in [3.8, 4) is 67.0 Å². The van der Waals surface area contributed by atoms with Gasteiger partial charge in [0, 0.05) is 49.2 Å². The second-order valence-corrected chi connectivity index (χ2v) is 27.5. The summed E-state index contributed by atoms with van der Waals surface area (Å²) in [5.74, 6) is 1.65. The standard InChI is InChI=1S/C87H66N2/c1-2-19-61(20-3-1)88-79-35-16-12-28-71(79)74-49-56(39-43-81(74)88)57-40-44-82-75(50-57)72-29-13-17-36-80(72)89(82)62-41-37-55(38-42-62)66-31-18-34-78-83(66)73-30-9-6-23-65(73)60-53-86(78)48-46-58-51-85(76-32-14-10-26-69(76)67-24-7-4-21-63(58)67)47-45-59-52-87(54-60,84(85)86)77-33-15-11-27-70(77)68-25-8-5-22-64(59)68/h1-44,49-50,58-60,84H,45-48,51-54H2. The van der Waals surface area contributed by atoms with Crippen molar-refractivity contribution in [3.63, 3.8) is 0 Å². The van der Waals surface area contributed by atoms with Gasteiger partial charge in [0.1, 0.15) is 0 Å². The summed E-state index contributed by atoms with van der Waals surface area (Å²) in [6.45, 7) is 0. The van der Waals surface area contributed by atoms with Crippen LogP contribution in [0.5, 0.6) is 0 Å². The van der Waals surface area contributed by atoms with E-state index in [1.165, 1.54) is 156 Å². The van der Waals surface area contributed by atoms with Gasteiger partial charge in [0.2, 0.25) is 0 Å². The van der Waals surface area contributed by atoms with Crippen LogP contribution in [0.15, 0.2) is 279 Å². The molecule has 2 nitrogen and oxygen atoms in total. The lowest BCUT2D eigenvalue weighted by atomic mass is 9.40. The Labute approximate surface area is 520 Å². The van der Waals surface area contributed by atoms with Crippen molar-refractivity contribution >= 4 is 43.6 Å². The van der Waals surface area contributed by atoms with Crippen molar-refractivity contribution in [2.24, 2.45) is 5.92 Å². The van der Waals surface area contributed by atoms with E-state index in [-0.39, 0.29) is 16.2 Å². The maximum Gasteiger partial charge on any atom is 0.0541 e. The molecule has 6 aliphatic rings. The van der Waals surface area contributed by atoms with Crippen LogP contribution in [-0.2, 0) is 16.2 Å². The number of fused-ring (bicyclic) bond motifs is 21. The largest absolute Gasteiger partial charge is 0.309 e. The molecule has 3 spiro atoms. The van der Waals surface area contributed by atoms with Gasteiger partial charge < -0.3 is 9.13 Å². The summed E-state index contributed by atoms with van der Waals surface area (Å²) in [6.07, 6.45) is 9.46. The highest BCUT2D eigenvalue weighted by atomic mass is 15.0. The van der Waals surface area contributed by atoms with E-state index in [1.54, 1.807) is 33.4 Å². The molecular weight excluding hydrogens is 1070 g/mol. The molecule has 0 saturated heterocycles. The van der Waals surface area contributed by atoms with E-state index in [0.29, 0.717) is 23.7 Å². The van der Waals surface area contributed by atoms with Crippen molar-refractivity contribution in [2.45, 2.75) is 85.4 Å². The van der Waals surface area contributed by atoms with Crippen LogP contribution in [0.1, 0.15) is 103 Å². The lowest BCUT2D eigenvalue weighted by molar-refractivity contribution is 0.00246. The molecular formula is C87H66N2. The third-order valence-corrected chi connectivity index (χ3v) is 23.7. The molecule has 6 aliphatic carbocycles. The van der Waals surface area contributed by atoms with Gasteiger partial charge in [-0.25, -0.2) is 0 Å². The van der Waals surface area contributed by atoms with Gasteiger partial charge in [0.15, 0.2) is 0 Å². The Morgan fingerprint density at radius 2 is 0.674 bits per heavy atom. The van der Waals surface area contributed by atoms with Gasteiger partial charge in [-0.2, -0.15) is 0 Å². The second kappa shape index (κ2) is 18.6. The smallest absolute Gasteiger partial charge is 0.0541 e. The Hall–Kier alpha value is -9.76. The Morgan fingerprint density at radius 1 is 0.270 bits per heavy atom. The molecule has 6 bridgehead atoms. The van der Waals surface area contributed by atoms with Gasteiger partial charge in [0.25, 0.3) is 0 Å². The summed E-state index contributed by atoms with van der Waals surface area (Å²) >= 11 is 0. The van der Waals surface area contributed by atoms with Gasteiger partial charge in [-0.15, -0.1) is 0 Å². The molecule has 3 fully saturated rings. The maximum absolute atomic E-state index is 2.66. The number of hydrogen-bond acceptors (Lipinski definition) is 0. The SMILES string of the molecule is c1ccc(-n2c3ccccc3c3cc(-c4ccc5c(c4)c4ccccc4n5-c4ccc(-c5cccc6c5-c5ccccc5C5CC78CC(CCC9%10CC(CCC6(C5)C97)c5ccccc5-c5ccccc5%10)c5ccccc5-c5ccccc58)cc4)ccc32)cc1. The highest BCUT2D eigenvalue weighted by molar-refractivity contribution is 6.13. The second-order valence-electron chi connectivity index (χ2n) is 27.5. The van der Waals surface area contributed by atoms with Crippen molar-refractivity contribution in [3.05, 3.63) is 312 Å². The minimum Gasteiger partial charge on any atom is -0.309 e. The number of rotatable bonds is 4. The van der Waals surface area contributed by atoms with Crippen LogP contribution in [0, 0.1) is 5.92 Å². The molecule has 2 heteroatoms. The van der Waals surface area contributed by atoms with Crippen LogP contribution < -0.4 is 0 Å². The predicted octanol–water partition coefficient (Wildman–Crippen LogP) is 22.4. The van der Waals surface area contributed by atoms with E-state index in [0.717, 1.165) is 6.42 Å². The van der Waals surface area contributed by atoms with E-state index < -0.39 is 0 Å². The Bertz CT molecular complexity index is 5270. The molecule has 2 heterocycles. The number of nitrogens with zero attached hydrogens (tertiary/aromatic N) is 2. The normalized spacial score (nSPS) is 23.3. The molecule has 89 heavy (non-hydrogen) atoms. The van der Waals surface area contributed by atoms with Crippen molar-refractivity contribution in [1.82, 2.24) is 9.13 Å². The van der Waals surface area contributed by atoms with Gasteiger partial charge in [-0.05, 0) is 225 Å². The van der Waals surface area contributed by atoms with Crippen LogP contribution in [0.3, 0.4) is 0 Å². The molecule has 0 aliphatic heterocycles. The molecule has 0 N–H and O–H groups in total. The lowest BCUT2D eigenvalue weighted by Gasteiger charge is -2.63. The lowest BCUT2D eigenvalue weighted by Crippen LogP contribution is -2.60. The van der Waals surface area contributed by atoms with Crippen LogP contribution in [0.4, 0.5) is 0 Å². The third-order valence-electron chi connectivity index (χ3n) is 23.7. The number of benzene rings is 12. The number of aromatic nitrogens is 2. The summed E-state index contributed by atoms with van der Waals surface area (Å²) in [4.78, 5) is 0. The van der Waals surface area contributed by atoms with E-state index in [4.69, 9.17) is 0 Å². The fraction of sp³-hybridized carbons (Fsp3) is 0.172. The minimum atomic E-state index is -0.130. The molecule has 3 saturated carbocycles. The predicted molar refractivity (Wildman–Crippen MR) is 369 cm³/mol. The first-order valence-electron chi connectivity index (χ1n) is 32.9. The quantitative estimate of drug-likeness (QED) is 0.166. The van der Waals surface area contributed by atoms with E-state index in [2.05, 4.69) is 288 Å². The van der Waals surface area contributed by atoms with Gasteiger partial charge in [0.05, 0.1) is 22.1 Å². The molecule has 0 amide bonds. The molecule has 20 rings (SSSR count). The van der Waals surface area contributed by atoms with Crippen LogP contribution in [0.25, 0.3) is 111 Å². The van der Waals surface area contributed by atoms with Crippen LogP contribution in [0.2, 0.25) is 0 Å². The average molecular weight is 1140 g/mol. The number of para-hydroxylation sites is 3. The zero-order valence-electron chi connectivity index (χ0n) is 49.9. The molecule has 0 radical (unpaired) electrons. The van der Waals surface area contributed by atoms with E-state index >= 15 is 0 Å². The molecule has 12 aromatic carbocycles. The highest BCUT2D eigenvalue weighted by Crippen LogP contribution is 2.76. The van der Waals surface area contributed by atoms with Crippen LogP contribution >= 0.6 is 0 Å². The molecule has 2 aromatic heterocycles. The minimum absolute atomic E-state index is 0.0811. The van der Waals surface area contributed by atoms with E-state index in [9.17, 15) is 0 Å². The fourth-order valence-electron chi connectivity index (χ4n) is 20.8. The van der Waals surface area contributed by atoms with Crippen LogP contribution in [-0.4, -0.2) is 9.13 Å².